The van der Waals surface area contributed by atoms with Crippen LogP contribution in [0.25, 0.3) is 0 Å². The third-order valence-electron chi connectivity index (χ3n) is 3.61. The highest BCUT2D eigenvalue weighted by Crippen LogP contribution is 2.18. The van der Waals surface area contributed by atoms with Gasteiger partial charge in [-0.25, -0.2) is 0 Å². The molecule has 1 aromatic rings. The van der Waals surface area contributed by atoms with Crippen LogP contribution in [0.5, 0.6) is 0 Å². The Balaban J connectivity index is 1.91. The summed E-state index contributed by atoms with van der Waals surface area (Å²) in [5.74, 6) is 0. The Labute approximate surface area is 104 Å². The van der Waals surface area contributed by atoms with Crippen LogP contribution in [0.4, 0.5) is 5.69 Å². The van der Waals surface area contributed by atoms with Crippen molar-refractivity contribution in [3.63, 3.8) is 0 Å². The van der Waals surface area contributed by atoms with Gasteiger partial charge in [-0.05, 0) is 37.0 Å². The fourth-order valence-electron chi connectivity index (χ4n) is 2.40. The molecule has 0 aromatic heterocycles. The van der Waals surface area contributed by atoms with Gasteiger partial charge in [-0.15, -0.1) is 0 Å². The van der Waals surface area contributed by atoms with Gasteiger partial charge in [0.05, 0.1) is 6.10 Å². The summed E-state index contributed by atoms with van der Waals surface area (Å²) >= 11 is 0. The first kappa shape index (κ1) is 12.4. The van der Waals surface area contributed by atoms with E-state index in [-0.39, 0.29) is 0 Å². The number of nitrogens with zero attached hydrogens (tertiary/aromatic N) is 1. The Morgan fingerprint density at radius 3 is 2.65 bits per heavy atom. The van der Waals surface area contributed by atoms with Crippen LogP contribution in [0, 0.1) is 6.92 Å². The second-order valence-corrected chi connectivity index (χ2v) is 4.90. The van der Waals surface area contributed by atoms with E-state index in [4.69, 9.17) is 10.5 Å². The highest BCUT2D eigenvalue weighted by atomic mass is 16.5. The normalized spacial score (nSPS) is 18.5. The van der Waals surface area contributed by atoms with Gasteiger partial charge in [0.25, 0.3) is 0 Å². The van der Waals surface area contributed by atoms with E-state index in [9.17, 15) is 0 Å². The number of rotatable bonds is 3. The van der Waals surface area contributed by atoms with Crippen LogP contribution < -0.4 is 5.73 Å². The highest BCUT2D eigenvalue weighted by Gasteiger charge is 2.18. The smallest absolute Gasteiger partial charge is 0.0595 e. The maximum Gasteiger partial charge on any atom is 0.0595 e. The minimum atomic E-state index is 0.458. The number of benzene rings is 1. The van der Waals surface area contributed by atoms with Gasteiger partial charge < -0.3 is 10.5 Å². The van der Waals surface area contributed by atoms with Crippen LogP contribution in [0.2, 0.25) is 0 Å². The molecule has 0 radical (unpaired) electrons. The first-order valence-electron chi connectivity index (χ1n) is 6.29. The molecule has 1 fully saturated rings. The topological polar surface area (TPSA) is 38.5 Å². The molecule has 0 amide bonds. The second-order valence-electron chi connectivity index (χ2n) is 4.90. The zero-order chi connectivity index (χ0) is 12.3. The number of methoxy groups -OCH3 is 1. The second kappa shape index (κ2) is 5.52. The minimum Gasteiger partial charge on any atom is -0.399 e. The molecule has 3 heteroatoms. The highest BCUT2D eigenvalue weighted by molar-refractivity contribution is 5.47. The molecule has 1 saturated heterocycles. The van der Waals surface area contributed by atoms with Crippen LogP contribution >= 0.6 is 0 Å². The summed E-state index contributed by atoms with van der Waals surface area (Å²) < 4.78 is 5.38. The van der Waals surface area contributed by atoms with E-state index >= 15 is 0 Å². The molecule has 17 heavy (non-hydrogen) atoms. The van der Waals surface area contributed by atoms with Gasteiger partial charge in [-0.2, -0.15) is 0 Å². The number of anilines is 1. The monoisotopic (exact) mass is 234 g/mol. The van der Waals surface area contributed by atoms with Crippen molar-refractivity contribution in [2.45, 2.75) is 32.4 Å². The Kier molecular flexibility index (Phi) is 4.02. The van der Waals surface area contributed by atoms with Crippen molar-refractivity contribution in [3.05, 3.63) is 29.3 Å². The molecule has 0 atom stereocenters. The summed E-state index contributed by atoms with van der Waals surface area (Å²) in [6.07, 6.45) is 2.74. The average molecular weight is 234 g/mol. The Bertz CT molecular complexity index is 370. The lowest BCUT2D eigenvalue weighted by Gasteiger charge is -2.31. The molecule has 2 N–H and O–H groups in total. The quantitative estimate of drug-likeness (QED) is 0.815. The van der Waals surface area contributed by atoms with Crippen molar-refractivity contribution < 1.29 is 4.74 Å². The number of nitrogens with two attached hydrogens (primary N) is 1. The molecule has 0 unspecified atom stereocenters. The third kappa shape index (κ3) is 3.20. The van der Waals surface area contributed by atoms with Gasteiger partial charge in [0, 0.05) is 32.4 Å². The Morgan fingerprint density at radius 1 is 1.35 bits per heavy atom. The fourth-order valence-corrected chi connectivity index (χ4v) is 2.40. The SMILES string of the molecule is COC1CCN(Cc2ccc(N)c(C)c2)CC1. The number of hydrogen-bond donors (Lipinski definition) is 1. The number of hydrogen-bond acceptors (Lipinski definition) is 3. The maximum absolute atomic E-state index is 5.83. The standard InChI is InChI=1S/C14H22N2O/c1-11-9-12(3-4-14(11)15)10-16-7-5-13(17-2)6-8-16/h3-4,9,13H,5-8,10,15H2,1-2H3. The van der Waals surface area contributed by atoms with Crippen molar-refractivity contribution in [3.8, 4) is 0 Å². The van der Waals surface area contributed by atoms with Crippen molar-refractivity contribution in [2.24, 2.45) is 0 Å². The molecule has 1 aliphatic heterocycles. The first-order valence-corrected chi connectivity index (χ1v) is 6.29. The Hall–Kier alpha value is -1.06. The maximum atomic E-state index is 5.83. The number of likely N-dealkylation sites (tertiary alicyclic amines) is 1. The Morgan fingerprint density at radius 2 is 2.06 bits per heavy atom. The van der Waals surface area contributed by atoms with Gasteiger partial charge in [-0.3, -0.25) is 4.90 Å². The van der Waals surface area contributed by atoms with E-state index < -0.39 is 0 Å². The molecule has 0 aliphatic carbocycles. The third-order valence-corrected chi connectivity index (χ3v) is 3.61. The molecule has 0 saturated carbocycles. The summed E-state index contributed by atoms with van der Waals surface area (Å²) in [4.78, 5) is 2.49. The number of ether oxygens (including phenoxy) is 1. The zero-order valence-electron chi connectivity index (χ0n) is 10.8. The van der Waals surface area contributed by atoms with Crippen molar-refractivity contribution in [2.75, 3.05) is 25.9 Å². The summed E-state index contributed by atoms with van der Waals surface area (Å²) in [5.41, 5.74) is 9.24. The molecule has 1 aromatic carbocycles. The summed E-state index contributed by atoms with van der Waals surface area (Å²) in [5, 5.41) is 0. The van der Waals surface area contributed by atoms with E-state index in [2.05, 4.69) is 24.0 Å². The lowest BCUT2D eigenvalue weighted by atomic mass is 10.1. The van der Waals surface area contributed by atoms with Gasteiger partial charge >= 0.3 is 0 Å². The predicted octanol–water partition coefficient (Wildman–Crippen LogP) is 2.19. The van der Waals surface area contributed by atoms with E-state index in [0.717, 1.165) is 38.2 Å². The van der Waals surface area contributed by atoms with Gasteiger partial charge in [-0.1, -0.05) is 12.1 Å². The van der Waals surface area contributed by atoms with Crippen LogP contribution in [-0.2, 0) is 11.3 Å². The lowest BCUT2D eigenvalue weighted by molar-refractivity contribution is 0.0388. The zero-order valence-corrected chi connectivity index (χ0v) is 10.8. The van der Waals surface area contributed by atoms with Crippen LogP contribution in [0.1, 0.15) is 24.0 Å². The van der Waals surface area contributed by atoms with Gasteiger partial charge in [0.15, 0.2) is 0 Å². The van der Waals surface area contributed by atoms with Gasteiger partial charge in [0.1, 0.15) is 0 Å². The largest absolute Gasteiger partial charge is 0.399 e. The molecule has 1 aliphatic rings. The molecule has 2 rings (SSSR count). The number of piperidine rings is 1. The van der Waals surface area contributed by atoms with E-state index in [1.165, 1.54) is 11.1 Å². The van der Waals surface area contributed by atoms with Crippen molar-refractivity contribution in [1.82, 2.24) is 4.90 Å². The van der Waals surface area contributed by atoms with Gasteiger partial charge in [0.2, 0.25) is 0 Å². The number of aryl methyl sites for hydroxylation is 1. The van der Waals surface area contributed by atoms with Crippen molar-refractivity contribution in [1.29, 1.82) is 0 Å². The molecule has 0 spiro atoms. The first-order chi connectivity index (χ1) is 8.19. The summed E-state index contributed by atoms with van der Waals surface area (Å²) in [6.45, 7) is 5.34. The molecular weight excluding hydrogens is 212 g/mol. The molecule has 3 nitrogen and oxygen atoms in total. The van der Waals surface area contributed by atoms with Crippen molar-refractivity contribution >= 4 is 5.69 Å². The van der Waals surface area contributed by atoms with E-state index in [0.29, 0.717) is 6.10 Å². The van der Waals surface area contributed by atoms with Crippen LogP contribution in [0.3, 0.4) is 0 Å². The molecule has 94 valence electrons. The number of nitrogen functional groups attached to an aromatic ring is 1. The predicted molar refractivity (Wildman–Crippen MR) is 70.9 cm³/mol. The van der Waals surface area contributed by atoms with Crippen LogP contribution in [0.15, 0.2) is 18.2 Å². The average Bonchev–Trinajstić information content (AvgIpc) is 2.35. The van der Waals surface area contributed by atoms with E-state index in [1.807, 2.05) is 13.2 Å². The van der Waals surface area contributed by atoms with Crippen LogP contribution in [-0.4, -0.2) is 31.2 Å². The van der Waals surface area contributed by atoms with E-state index in [1.54, 1.807) is 0 Å². The molecule has 1 heterocycles. The fraction of sp³-hybridized carbons (Fsp3) is 0.571. The molecular formula is C14H22N2O. The summed E-state index contributed by atoms with van der Waals surface area (Å²) in [7, 11) is 1.81. The molecule has 0 bridgehead atoms. The summed E-state index contributed by atoms with van der Waals surface area (Å²) in [6, 6.07) is 6.33. The minimum absolute atomic E-state index is 0.458. The lowest BCUT2D eigenvalue weighted by Crippen LogP contribution is -2.36.